The summed E-state index contributed by atoms with van der Waals surface area (Å²) < 4.78 is 5.10. The number of rotatable bonds is 10. The average molecular weight is 466 g/mol. The zero-order chi connectivity index (χ0) is 25.1. The number of allylic oxidation sites excluding steroid dienone is 1. The van der Waals surface area contributed by atoms with Gasteiger partial charge in [-0.25, -0.2) is 0 Å². The SMILES string of the molecule is C=C.CC.CCCC/C(C(=NC)C(C)COC(C)=O)=C(/N)C(=O)NCc1ccc(Cl)cc1. The number of benzene rings is 1. The first-order valence-corrected chi connectivity index (χ1v) is 11.3. The van der Waals surface area contributed by atoms with Gasteiger partial charge < -0.3 is 15.8 Å². The van der Waals surface area contributed by atoms with E-state index in [0.29, 0.717) is 29.3 Å². The summed E-state index contributed by atoms with van der Waals surface area (Å²) >= 11 is 5.88. The van der Waals surface area contributed by atoms with Gasteiger partial charge in [0.1, 0.15) is 5.70 Å². The summed E-state index contributed by atoms with van der Waals surface area (Å²) in [6, 6.07) is 7.24. The molecule has 1 amide bonds. The van der Waals surface area contributed by atoms with Crippen LogP contribution in [0, 0.1) is 5.92 Å². The second kappa shape index (κ2) is 19.1. The normalized spacial score (nSPS) is 12.2. The molecule has 0 aliphatic heterocycles. The van der Waals surface area contributed by atoms with Crippen LogP contribution in [0.3, 0.4) is 0 Å². The topological polar surface area (TPSA) is 93.8 Å². The highest BCUT2D eigenvalue weighted by Gasteiger charge is 2.21. The first-order valence-electron chi connectivity index (χ1n) is 10.9. The number of nitrogens with one attached hydrogen (secondary N) is 1. The molecule has 0 heterocycles. The Hall–Kier alpha value is -2.60. The van der Waals surface area contributed by atoms with Crippen molar-refractivity contribution in [1.29, 1.82) is 0 Å². The summed E-state index contributed by atoms with van der Waals surface area (Å²) in [6.45, 7) is 15.9. The van der Waals surface area contributed by atoms with E-state index in [-0.39, 0.29) is 30.1 Å². The van der Waals surface area contributed by atoms with Crippen molar-refractivity contribution in [2.45, 2.75) is 60.4 Å². The zero-order valence-corrected chi connectivity index (χ0v) is 21.2. The summed E-state index contributed by atoms with van der Waals surface area (Å²) in [5.41, 5.74) is 8.69. The van der Waals surface area contributed by atoms with Crippen molar-refractivity contribution >= 4 is 29.2 Å². The fourth-order valence-corrected chi connectivity index (χ4v) is 2.87. The molecule has 0 aliphatic rings. The smallest absolute Gasteiger partial charge is 0.302 e. The highest BCUT2D eigenvalue weighted by molar-refractivity contribution is 6.30. The molecule has 3 N–H and O–H groups in total. The molecule has 0 aliphatic carbocycles. The Kier molecular flexibility index (Phi) is 18.9. The number of ether oxygens (including phenoxy) is 1. The van der Waals surface area contributed by atoms with Gasteiger partial charge in [-0.2, -0.15) is 0 Å². The van der Waals surface area contributed by atoms with Gasteiger partial charge >= 0.3 is 5.97 Å². The number of hydrogen-bond acceptors (Lipinski definition) is 5. The lowest BCUT2D eigenvalue weighted by molar-refractivity contribution is -0.141. The molecule has 1 aromatic rings. The number of aliphatic imine (C=N–C) groups is 1. The van der Waals surface area contributed by atoms with Crippen molar-refractivity contribution < 1.29 is 14.3 Å². The minimum absolute atomic E-state index is 0.151. The Morgan fingerprint density at radius 1 is 1.22 bits per heavy atom. The summed E-state index contributed by atoms with van der Waals surface area (Å²) in [4.78, 5) is 28.1. The first kappa shape index (κ1) is 31.6. The van der Waals surface area contributed by atoms with E-state index < -0.39 is 0 Å². The fraction of sp³-hybridized carbons (Fsp3) is 0.480. The van der Waals surface area contributed by atoms with Gasteiger partial charge in [0, 0.05) is 42.7 Å². The van der Waals surface area contributed by atoms with Crippen LogP contribution in [0.5, 0.6) is 0 Å². The summed E-state index contributed by atoms with van der Waals surface area (Å²) in [7, 11) is 1.66. The number of unbranched alkanes of at least 4 members (excludes halogenated alkanes) is 1. The molecule has 0 saturated heterocycles. The predicted molar refractivity (Wildman–Crippen MR) is 136 cm³/mol. The van der Waals surface area contributed by atoms with Crippen LogP contribution in [0.2, 0.25) is 5.02 Å². The second-order valence-electron chi connectivity index (χ2n) is 6.62. The van der Waals surface area contributed by atoms with E-state index in [1.165, 1.54) is 6.92 Å². The minimum Gasteiger partial charge on any atom is -0.465 e. The number of esters is 1. The molecule has 0 aromatic heterocycles. The molecule has 6 nitrogen and oxygen atoms in total. The molecule has 1 aromatic carbocycles. The van der Waals surface area contributed by atoms with E-state index in [9.17, 15) is 9.59 Å². The Balaban J connectivity index is 0. The quantitative estimate of drug-likeness (QED) is 0.207. The molecule has 0 bridgehead atoms. The standard InChI is InChI=1S/C21H30ClN3O3.C2H6.C2H4/c1-5-6-7-18(20(24-4)14(2)13-28-15(3)26)19(23)21(27)25-12-16-8-10-17(22)11-9-16;2*1-2/h8-11,14H,5-7,12-13,23H2,1-4H3,(H,25,27);1-2H3;1-2H2/b19-18-,24-20?;;. The molecule has 7 heteroatoms. The number of hydrogen-bond donors (Lipinski definition) is 2. The molecule has 1 rings (SSSR count). The lowest BCUT2D eigenvalue weighted by Gasteiger charge is -2.19. The van der Waals surface area contributed by atoms with Crippen molar-refractivity contribution in [2.24, 2.45) is 16.6 Å². The number of carbonyl (C=O) groups excluding carboxylic acids is 2. The summed E-state index contributed by atoms with van der Waals surface area (Å²) in [5, 5.41) is 3.48. The van der Waals surface area contributed by atoms with Crippen LogP contribution in [-0.2, 0) is 20.9 Å². The maximum atomic E-state index is 12.6. The van der Waals surface area contributed by atoms with Crippen molar-refractivity contribution in [3.8, 4) is 0 Å². The van der Waals surface area contributed by atoms with Gasteiger partial charge in [0.2, 0.25) is 0 Å². The van der Waals surface area contributed by atoms with Gasteiger partial charge in [-0.3, -0.25) is 14.6 Å². The Bertz CT molecular complexity index is 743. The molecule has 0 fully saturated rings. The van der Waals surface area contributed by atoms with Gasteiger partial charge in [0.15, 0.2) is 0 Å². The largest absolute Gasteiger partial charge is 0.465 e. The number of carbonyl (C=O) groups is 2. The van der Waals surface area contributed by atoms with E-state index in [1.54, 1.807) is 19.2 Å². The monoisotopic (exact) mass is 465 g/mol. The second-order valence-corrected chi connectivity index (χ2v) is 7.05. The zero-order valence-electron chi connectivity index (χ0n) is 20.5. The van der Waals surface area contributed by atoms with Crippen molar-refractivity contribution in [3.63, 3.8) is 0 Å². The molecule has 32 heavy (non-hydrogen) atoms. The first-order chi connectivity index (χ1) is 15.3. The molecule has 1 unspecified atom stereocenters. The lowest BCUT2D eigenvalue weighted by atomic mass is 9.93. The summed E-state index contributed by atoms with van der Waals surface area (Å²) in [5.74, 6) is -0.861. The minimum atomic E-state index is -0.352. The highest BCUT2D eigenvalue weighted by atomic mass is 35.5. The van der Waals surface area contributed by atoms with Crippen LogP contribution in [0.4, 0.5) is 0 Å². The molecule has 0 saturated carbocycles. The number of nitrogens with zero attached hydrogens (tertiary/aromatic N) is 1. The van der Waals surface area contributed by atoms with Crippen LogP contribution in [-0.4, -0.2) is 31.2 Å². The molecular weight excluding hydrogens is 426 g/mol. The van der Waals surface area contributed by atoms with Crippen LogP contribution in [0.15, 0.2) is 53.7 Å². The van der Waals surface area contributed by atoms with Crippen molar-refractivity contribution in [2.75, 3.05) is 13.7 Å². The highest BCUT2D eigenvalue weighted by Crippen LogP contribution is 2.19. The Morgan fingerprint density at radius 3 is 2.25 bits per heavy atom. The van der Waals surface area contributed by atoms with Crippen LogP contribution >= 0.6 is 11.6 Å². The van der Waals surface area contributed by atoms with Gasteiger partial charge in [-0.05, 0) is 30.5 Å². The third-order valence-electron chi connectivity index (χ3n) is 4.27. The van der Waals surface area contributed by atoms with Crippen LogP contribution in [0.25, 0.3) is 0 Å². The molecular formula is C25H40ClN3O3. The number of halogens is 1. The molecule has 1 atom stereocenters. The van der Waals surface area contributed by atoms with Gasteiger partial charge in [0.05, 0.1) is 6.61 Å². The van der Waals surface area contributed by atoms with E-state index in [1.807, 2.05) is 32.9 Å². The third-order valence-corrected chi connectivity index (χ3v) is 4.52. The molecule has 0 spiro atoms. The maximum Gasteiger partial charge on any atom is 0.302 e. The Labute approximate surface area is 199 Å². The third kappa shape index (κ3) is 12.3. The van der Waals surface area contributed by atoms with E-state index in [0.717, 1.165) is 18.4 Å². The number of amides is 1. The van der Waals surface area contributed by atoms with Gasteiger partial charge in [0.25, 0.3) is 5.91 Å². The van der Waals surface area contributed by atoms with Crippen LogP contribution in [0.1, 0.15) is 59.4 Å². The predicted octanol–water partition coefficient (Wildman–Crippen LogP) is 5.46. The Morgan fingerprint density at radius 2 is 1.78 bits per heavy atom. The molecule has 0 radical (unpaired) electrons. The van der Waals surface area contributed by atoms with E-state index in [4.69, 9.17) is 22.1 Å². The van der Waals surface area contributed by atoms with E-state index >= 15 is 0 Å². The van der Waals surface area contributed by atoms with Crippen molar-refractivity contribution in [1.82, 2.24) is 5.32 Å². The fourth-order valence-electron chi connectivity index (χ4n) is 2.75. The average Bonchev–Trinajstić information content (AvgIpc) is 2.81. The lowest BCUT2D eigenvalue weighted by Crippen LogP contribution is -2.32. The molecule has 180 valence electrons. The van der Waals surface area contributed by atoms with Crippen LogP contribution < -0.4 is 11.1 Å². The number of nitrogens with two attached hydrogens (primary N) is 1. The van der Waals surface area contributed by atoms with Crippen molar-refractivity contribution in [3.05, 3.63) is 59.3 Å². The maximum absolute atomic E-state index is 12.6. The van der Waals surface area contributed by atoms with Gasteiger partial charge in [-0.1, -0.05) is 57.8 Å². The summed E-state index contributed by atoms with van der Waals surface area (Å²) in [6.07, 6.45) is 2.46. The van der Waals surface area contributed by atoms with E-state index in [2.05, 4.69) is 30.4 Å². The van der Waals surface area contributed by atoms with Gasteiger partial charge in [-0.15, -0.1) is 13.2 Å².